The van der Waals surface area contributed by atoms with Crippen LogP contribution in [0.4, 0.5) is 4.39 Å². The first kappa shape index (κ1) is 15.8. The van der Waals surface area contributed by atoms with Gasteiger partial charge in [0, 0.05) is 11.0 Å². The van der Waals surface area contributed by atoms with Gasteiger partial charge in [0.15, 0.2) is 0 Å². The summed E-state index contributed by atoms with van der Waals surface area (Å²) in [6.07, 6.45) is 6.37. The first-order valence-corrected chi connectivity index (χ1v) is 8.28. The molecule has 120 valence electrons. The zero-order chi connectivity index (χ0) is 16.4. The Kier molecular flexibility index (Phi) is 4.25. The van der Waals surface area contributed by atoms with Crippen LogP contribution in [0.2, 0.25) is 0 Å². The van der Waals surface area contributed by atoms with Gasteiger partial charge in [-0.2, -0.15) is 0 Å². The molecule has 0 radical (unpaired) electrons. The summed E-state index contributed by atoms with van der Waals surface area (Å²) < 4.78 is 14.9. The van der Waals surface area contributed by atoms with Crippen LogP contribution >= 0.6 is 0 Å². The van der Waals surface area contributed by atoms with E-state index < -0.39 is 5.41 Å². The molecule has 1 atom stereocenters. The quantitative estimate of drug-likeness (QED) is 0.711. The number of allylic oxidation sites excluding steroid dienone is 2. The number of halogens is 1. The van der Waals surface area contributed by atoms with E-state index in [0.717, 1.165) is 42.4 Å². The van der Waals surface area contributed by atoms with Gasteiger partial charge < -0.3 is 5.11 Å². The Morgan fingerprint density at radius 2 is 1.74 bits per heavy atom. The Morgan fingerprint density at radius 1 is 1.00 bits per heavy atom. The molecule has 2 heteroatoms. The predicted molar refractivity (Wildman–Crippen MR) is 92.2 cm³/mol. The molecule has 1 nitrogen and oxygen atoms in total. The van der Waals surface area contributed by atoms with Crippen molar-refractivity contribution in [3.8, 4) is 5.75 Å². The highest BCUT2D eigenvalue weighted by Crippen LogP contribution is 2.47. The van der Waals surface area contributed by atoms with Crippen molar-refractivity contribution in [3.63, 3.8) is 0 Å². The lowest BCUT2D eigenvalue weighted by Crippen LogP contribution is -2.31. The fourth-order valence-electron chi connectivity index (χ4n) is 3.98. The summed E-state index contributed by atoms with van der Waals surface area (Å²) in [4.78, 5) is 0. The molecule has 0 bridgehead atoms. The number of rotatable bonds is 2. The fourth-order valence-corrected chi connectivity index (χ4v) is 3.98. The topological polar surface area (TPSA) is 20.2 Å². The fraction of sp³-hybridized carbons (Fsp3) is 0.333. The van der Waals surface area contributed by atoms with Crippen LogP contribution < -0.4 is 0 Å². The highest BCUT2D eigenvalue weighted by molar-refractivity contribution is 5.52. The molecular formula is C21H23FO. The standard InChI is InChI=1S/C21H23FO/c1-15-7-6-9-19(22)20(15)21(14-5-3-4-8-16(21)2)17-10-12-18(23)13-11-17/h6-13,23H,3-5,14H2,1-2H3. The van der Waals surface area contributed by atoms with Gasteiger partial charge in [-0.15, -0.1) is 0 Å². The largest absolute Gasteiger partial charge is 0.508 e. The Balaban J connectivity index is 2.32. The summed E-state index contributed by atoms with van der Waals surface area (Å²) in [6, 6.07) is 12.6. The maximum Gasteiger partial charge on any atom is 0.127 e. The Hall–Kier alpha value is -2.09. The lowest BCUT2D eigenvalue weighted by Gasteiger charge is -2.37. The van der Waals surface area contributed by atoms with Crippen molar-refractivity contribution >= 4 is 0 Å². The maximum absolute atomic E-state index is 14.9. The minimum absolute atomic E-state index is 0.146. The summed E-state index contributed by atoms with van der Waals surface area (Å²) in [5, 5.41) is 9.65. The molecule has 1 unspecified atom stereocenters. The Bertz CT molecular complexity index is 710. The van der Waals surface area contributed by atoms with Crippen molar-refractivity contribution in [2.75, 3.05) is 0 Å². The summed E-state index contributed by atoms with van der Waals surface area (Å²) in [5.41, 5.74) is 3.57. The molecule has 2 aromatic rings. The molecule has 0 spiro atoms. The van der Waals surface area contributed by atoms with Crippen molar-refractivity contribution in [1.29, 1.82) is 0 Å². The lowest BCUT2D eigenvalue weighted by molar-refractivity contribution is 0.470. The van der Waals surface area contributed by atoms with Crippen LogP contribution in [-0.4, -0.2) is 5.11 Å². The number of aryl methyl sites for hydroxylation is 1. The molecule has 2 aromatic carbocycles. The van der Waals surface area contributed by atoms with Crippen LogP contribution in [0.15, 0.2) is 54.1 Å². The average Bonchev–Trinajstić information content (AvgIpc) is 2.71. The Morgan fingerprint density at radius 3 is 2.43 bits per heavy atom. The number of benzene rings is 2. The van der Waals surface area contributed by atoms with Crippen molar-refractivity contribution in [2.24, 2.45) is 0 Å². The van der Waals surface area contributed by atoms with E-state index in [2.05, 4.69) is 13.0 Å². The molecule has 0 fully saturated rings. The summed E-state index contributed by atoms with van der Waals surface area (Å²) in [6.45, 7) is 4.10. The molecule has 0 amide bonds. The van der Waals surface area contributed by atoms with Crippen molar-refractivity contribution in [3.05, 3.63) is 76.6 Å². The third-order valence-electron chi connectivity index (χ3n) is 5.14. The number of hydrogen-bond acceptors (Lipinski definition) is 1. The van der Waals surface area contributed by atoms with E-state index >= 15 is 0 Å². The first-order chi connectivity index (χ1) is 11.1. The third-order valence-corrected chi connectivity index (χ3v) is 5.14. The minimum Gasteiger partial charge on any atom is -0.508 e. The highest BCUT2D eigenvalue weighted by atomic mass is 19.1. The summed E-state index contributed by atoms with van der Waals surface area (Å²) in [7, 11) is 0. The number of aromatic hydroxyl groups is 1. The average molecular weight is 310 g/mol. The minimum atomic E-state index is -0.445. The smallest absolute Gasteiger partial charge is 0.127 e. The van der Waals surface area contributed by atoms with Gasteiger partial charge >= 0.3 is 0 Å². The van der Waals surface area contributed by atoms with Gasteiger partial charge in [-0.3, -0.25) is 0 Å². The molecule has 1 aliphatic rings. The molecule has 1 N–H and O–H groups in total. The monoisotopic (exact) mass is 310 g/mol. The van der Waals surface area contributed by atoms with E-state index in [0.29, 0.717) is 0 Å². The van der Waals surface area contributed by atoms with Gasteiger partial charge in [0.2, 0.25) is 0 Å². The molecule has 1 aliphatic carbocycles. The molecule has 3 rings (SSSR count). The number of hydrogen-bond donors (Lipinski definition) is 1. The van der Waals surface area contributed by atoms with E-state index in [4.69, 9.17) is 0 Å². The second-order valence-corrected chi connectivity index (χ2v) is 6.52. The second-order valence-electron chi connectivity index (χ2n) is 6.52. The van der Waals surface area contributed by atoms with E-state index in [1.807, 2.05) is 25.1 Å². The van der Waals surface area contributed by atoms with Gasteiger partial charge in [0.25, 0.3) is 0 Å². The maximum atomic E-state index is 14.9. The lowest BCUT2D eigenvalue weighted by atomic mass is 9.66. The summed E-state index contributed by atoms with van der Waals surface area (Å²) >= 11 is 0. The zero-order valence-corrected chi connectivity index (χ0v) is 13.8. The predicted octanol–water partition coefficient (Wildman–Crippen LogP) is 5.65. The van der Waals surface area contributed by atoms with Crippen molar-refractivity contribution in [2.45, 2.75) is 44.9 Å². The van der Waals surface area contributed by atoms with Crippen LogP contribution in [0.1, 0.15) is 49.3 Å². The number of phenolic OH excluding ortho intramolecular Hbond substituents is 1. The van der Waals surface area contributed by atoms with Crippen LogP contribution in [0.25, 0.3) is 0 Å². The molecule has 0 saturated carbocycles. The van der Waals surface area contributed by atoms with Gasteiger partial charge in [-0.25, -0.2) is 4.39 Å². The molecule has 23 heavy (non-hydrogen) atoms. The molecule has 0 aromatic heterocycles. The second kappa shape index (κ2) is 6.19. The molecule has 0 aliphatic heterocycles. The van der Waals surface area contributed by atoms with Gasteiger partial charge in [0.05, 0.1) is 0 Å². The molecule has 0 saturated heterocycles. The van der Waals surface area contributed by atoms with Crippen LogP contribution in [0, 0.1) is 12.7 Å². The van der Waals surface area contributed by atoms with Crippen LogP contribution in [-0.2, 0) is 5.41 Å². The van der Waals surface area contributed by atoms with Crippen LogP contribution in [0.3, 0.4) is 0 Å². The van der Waals surface area contributed by atoms with Gasteiger partial charge in [0.1, 0.15) is 11.6 Å². The van der Waals surface area contributed by atoms with E-state index in [1.54, 1.807) is 24.3 Å². The third kappa shape index (κ3) is 2.67. The number of phenols is 1. The van der Waals surface area contributed by atoms with Crippen molar-refractivity contribution in [1.82, 2.24) is 0 Å². The van der Waals surface area contributed by atoms with E-state index in [9.17, 15) is 9.50 Å². The zero-order valence-electron chi connectivity index (χ0n) is 13.8. The van der Waals surface area contributed by atoms with Gasteiger partial charge in [-0.1, -0.05) is 42.3 Å². The van der Waals surface area contributed by atoms with E-state index in [1.165, 1.54) is 5.57 Å². The molecular weight excluding hydrogens is 287 g/mol. The van der Waals surface area contributed by atoms with Crippen LogP contribution in [0.5, 0.6) is 5.75 Å². The van der Waals surface area contributed by atoms with E-state index in [-0.39, 0.29) is 11.6 Å². The Labute approximate surface area is 137 Å². The SMILES string of the molecule is CC1=CCCCCC1(c1ccc(O)cc1)c1c(C)cccc1F. The normalized spacial score (nSPS) is 21.6. The van der Waals surface area contributed by atoms with Gasteiger partial charge in [-0.05, 0) is 62.4 Å². The molecule has 0 heterocycles. The summed E-state index contributed by atoms with van der Waals surface area (Å²) in [5.74, 6) is 0.0946. The highest BCUT2D eigenvalue weighted by Gasteiger charge is 2.39. The van der Waals surface area contributed by atoms with Crippen molar-refractivity contribution < 1.29 is 9.50 Å². The first-order valence-electron chi connectivity index (χ1n) is 8.28.